The first kappa shape index (κ1) is 16.1. The van der Waals surface area contributed by atoms with Gasteiger partial charge < -0.3 is 14.8 Å². The molecular weight excluding hydrogens is 269 g/mol. The van der Waals surface area contributed by atoms with Crippen molar-refractivity contribution < 1.29 is 13.9 Å². The number of halogens is 1. The van der Waals surface area contributed by atoms with Gasteiger partial charge >= 0.3 is 0 Å². The average molecular weight is 295 g/mol. The van der Waals surface area contributed by atoms with Crippen LogP contribution < -0.4 is 14.8 Å². The number of hydrogen-bond donors (Lipinski definition) is 1. The van der Waals surface area contributed by atoms with Gasteiger partial charge in [-0.3, -0.25) is 0 Å². The summed E-state index contributed by atoms with van der Waals surface area (Å²) in [5, 5.41) is 3.26. The summed E-state index contributed by atoms with van der Waals surface area (Å²) in [5.74, 6) is 1.47. The van der Waals surface area contributed by atoms with E-state index in [0.717, 1.165) is 6.42 Å². The Morgan fingerprint density at radius 1 is 1.14 bits per heavy atom. The fourth-order valence-electron chi connectivity index (χ4n) is 3.29. The molecule has 4 heteroatoms. The molecule has 1 atom stereocenters. The quantitative estimate of drug-likeness (QED) is 0.858. The molecular formula is C17H26FNO2. The molecule has 0 spiro atoms. The molecule has 2 rings (SSSR count). The van der Waals surface area contributed by atoms with Crippen molar-refractivity contribution in [3.8, 4) is 11.5 Å². The van der Waals surface area contributed by atoms with E-state index in [9.17, 15) is 4.39 Å². The van der Waals surface area contributed by atoms with Gasteiger partial charge in [-0.15, -0.1) is 0 Å². The monoisotopic (exact) mass is 295 g/mol. The molecule has 1 N–H and O–H groups in total. The lowest BCUT2D eigenvalue weighted by Crippen LogP contribution is -2.22. The molecule has 0 radical (unpaired) electrons. The molecule has 118 valence electrons. The molecule has 0 heterocycles. The lowest BCUT2D eigenvalue weighted by atomic mass is 9.83. The Morgan fingerprint density at radius 3 is 2.33 bits per heavy atom. The summed E-state index contributed by atoms with van der Waals surface area (Å²) in [7, 11) is 4.99. The van der Waals surface area contributed by atoms with Gasteiger partial charge in [-0.1, -0.05) is 32.1 Å². The van der Waals surface area contributed by atoms with Gasteiger partial charge in [0.25, 0.3) is 0 Å². The van der Waals surface area contributed by atoms with Crippen molar-refractivity contribution in [3.63, 3.8) is 0 Å². The third-order valence-corrected chi connectivity index (χ3v) is 4.52. The summed E-state index contributed by atoms with van der Waals surface area (Å²) in [4.78, 5) is 0. The molecule has 21 heavy (non-hydrogen) atoms. The maximum atomic E-state index is 14.4. The standard InChI is InChI=1S/C17H26FNO2/c1-19-15(9-12-7-5-4-6-8-12)13-10-16(20-2)17(21-3)11-14(13)18/h10-12,15,19H,4-9H2,1-3H3. The Labute approximate surface area is 126 Å². The Kier molecular flexibility index (Phi) is 5.85. The topological polar surface area (TPSA) is 30.5 Å². The summed E-state index contributed by atoms with van der Waals surface area (Å²) >= 11 is 0. The molecule has 0 saturated heterocycles. The van der Waals surface area contributed by atoms with Gasteiger partial charge in [0, 0.05) is 17.7 Å². The van der Waals surface area contributed by atoms with E-state index in [-0.39, 0.29) is 11.9 Å². The lowest BCUT2D eigenvalue weighted by molar-refractivity contribution is 0.301. The fourth-order valence-corrected chi connectivity index (χ4v) is 3.29. The SMILES string of the molecule is CNC(CC1CCCCC1)c1cc(OC)c(OC)cc1F. The van der Waals surface area contributed by atoms with Crippen LogP contribution in [0, 0.1) is 11.7 Å². The summed E-state index contributed by atoms with van der Waals surface area (Å²) in [6.45, 7) is 0. The van der Waals surface area contributed by atoms with E-state index in [1.807, 2.05) is 7.05 Å². The van der Waals surface area contributed by atoms with Crippen LogP contribution in [0.1, 0.15) is 50.1 Å². The van der Waals surface area contributed by atoms with E-state index in [1.165, 1.54) is 45.3 Å². The third kappa shape index (κ3) is 3.88. The molecule has 1 aliphatic rings. The van der Waals surface area contributed by atoms with Crippen LogP contribution in [0.4, 0.5) is 4.39 Å². The zero-order valence-corrected chi connectivity index (χ0v) is 13.2. The molecule has 0 amide bonds. The Morgan fingerprint density at radius 2 is 1.76 bits per heavy atom. The van der Waals surface area contributed by atoms with Crippen molar-refractivity contribution >= 4 is 0 Å². The van der Waals surface area contributed by atoms with Crippen LogP contribution in [0.2, 0.25) is 0 Å². The molecule has 1 fully saturated rings. The van der Waals surface area contributed by atoms with Crippen LogP contribution in [-0.4, -0.2) is 21.3 Å². The first-order chi connectivity index (χ1) is 10.2. The second-order valence-corrected chi connectivity index (χ2v) is 5.81. The second-order valence-electron chi connectivity index (χ2n) is 5.81. The van der Waals surface area contributed by atoms with Crippen molar-refractivity contribution in [3.05, 3.63) is 23.5 Å². The van der Waals surface area contributed by atoms with Crippen LogP contribution in [-0.2, 0) is 0 Å². The number of benzene rings is 1. The maximum absolute atomic E-state index is 14.4. The Hall–Kier alpha value is -1.29. The summed E-state index contributed by atoms with van der Waals surface area (Å²) < 4.78 is 24.8. The third-order valence-electron chi connectivity index (χ3n) is 4.52. The van der Waals surface area contributed by atoms with Crippen molar-refractivity contribution in [2.45, 2.75) is 44.6 Å². The normalized spacial score (nSPS) is 17.5. The number of rotatable bonds is 6. The maximum Gasteiger partial charge on any atom is 0.163 e. The Bertz CT molecular complexity index is 458. The van der Waals surface area contributed by atoms with E-state index >= 15 is 0 Å². The molecule has 0 bridgehead atoms. The molecule has 0 aliphatic heterocycles. The molecule has 1 aromatic carbocycles. The largest absolute Gasteiger partial charge is 0.493 e. The van der Waals surface area contributed by atoms with Crippen LogP contribution >= 0.6 is 0 Å². The minimum atomic E-state index is -0.234. The Balaban J connectivity index is 2.20. The van der Waals surface area contributed by atoms with Crippen LogP contribution in [0.15, 0.2) is 12.1 Å². The van der Waals surface area contributed by atoms with E-state index in [4.69, 9.17) is 9.47 Å². The van der Waals surface area contributed by atoms with Gasteiger partial charge in [-0.05, 0) is 25.5 Å². The van der Waals surface area contributed by atoms with Gasteiger partial charge in [0.15, 0.2) is 11.5 Å². The lowest BCUT2D eigenvalue weighted by Gasteiger charge is -2.27. The number of methoxy groups -OCH3 is 2. The average Bonchev–Trinajstić information content (AvgIpc) is 2.53. The minimum Gasteiger partial charge on any atom is -0.493 e. The molecule has 3 nitrogen and oxygen atoms in total. The first-order valence-corrected chi connectivity index (χ1v) is 7.78. The molecule has 1 unspecified atom stereocenters. The zero-order chi connectivity index (χ0) is 15.2. The summed E-state index contributed by atoms with van der Waals surface area (Å²) in [5.41, 5.74) is 0.667. The van der Waals surface area contributed by atoms with E-state index in [1.54, 1.807) is 13.2 Å². The molecule has 1 aliphatic carbocycles. The van der Waals surface area contributed by atoms with Gasteiger partial charge in [-0.25, -0.2) is 4.39 Å². The highest BCUT2D eigenvalue weighted by atomic mass is 19.1. The van der Waals surface area contributed by atoms with E-state index in [0.29, 0.717) is 23.0 Å². The van der Waals surface area contributed by atoms with Crippen molar-refractivity contribution in [2.75, 3.05) is 21.3 Å². The van der Waals surface area contributed by atoms with E-state index < -0.39 is 0 Å². The predicted molar refractivity (Wildman–Crippen MR) is 82.5 cm³/mol. The number of nitrogens with one attached hydrogen (secondary N) is 1. The molecule has 1 saturated carbocycles. The smallest absolute Gasteiger partial charge is 0.163 e. The zero-order valence-electron chi connectivity index (χ0n) is 13.2. The van der Waals surface area contributed by atoms with Gasteiger partial charge in [0.05, 0.1) is 14.2 Å². The van der Waals surface area contributed by atoms with Gasteiger partial charge in [0.2, 0.25) is 0 Å². The van der Waals surface area contributed by atoms with Crippen molar-refractivity contribution in [1.29, 1.82) is 0 Å². The highest BCUT2D eigenvalue weighted by molar-refractivity contribution is 5.44. The first-order valence-electron chi connectivity index (χ1n) is 7.78. The summed E-state index contributed by atoms with van der Waals surface area (Å²) in [6, 6.07) is 3.20. The highest BCUT2D eigenvalue weighted by Gasteiger charge is 2.23. The van der Waals surface area contributed by atoms with Gasteiger partial charge in [0.1, 0.15) is 5.82 Å². The van der Waals surface area contributed by atoms with Gasteiger partial charge in [-0.2, -0.15) is 0 Å². The number of hydrogen-bond acceptors (Lipinski definition) is 3. The van der Waals surface area contributed by atoms with E-state index in [2.05, 4.69) is 5.32 Å². The van der Waals surface area contributed by atoms with Crippen LogP contribution in [0.25, 0.3) is 0 Å². The minimum absolute atomic E-state index is 0.0212. The fraction of sp³-hybridized carbons (Fsp3) is 0.647. The number of ether oxygens (including phenoxy) is 2. The second kappa shape index (κ2) is 7.64. The predicted octanol–water partition coefficient (Wildman–Crippen LogP) is 4.07. The van der Waals surface area contributed by atoms with Crippen molar-refractivity contribution in [1.82, 2.24) is 5.32 Å². The molecule has 1 aromatic rings. The van der Waals surface area contributed by atoms with Crippen LogP contribution in [0.5, 0.6) is 11.5 Å². The van der Waals surface area contributed by atoms with Crippen molar-refractivity contribution in [2.24, 2.45) is 5.92 Å². The highest BCUT2D eigenvalue weighted by Crippen LogP contribution is 2.36. The summed E-state index contributed by atoms with van der Waals surface area (Å²) in [6.07, 6.45) is 7.43. The van der Waals surface area contributed by atoms with Crippen LogP contribution in [0.3, 0.4) is 0 Å². The molecule has 0 aromatic heterocycles.